The van der Waals surface area contributed by atoms with Gasteiger partial charge < -0.3 is 253 Å². The lowest BCUT2D eigenvalue weighted by atomic mass is 9.93. The fraction of sp³-hybridized carbons (Fsp3) is 0.926. The maximum absolute atomic E-state index is 13.2. The van der Waals surface area contributed by atoms with Gasteiger partial charge in [-0.15, -0.1) is 0 Å². The van der Waals surface area contributed by atoms with Crippen LogP contribution < -0.4 is 21.3 Å². The van der Waals surface area contributed by atoms with Crippen molar-refractivity contribution in [2.24, 2.45) is 0 Å². The van der Waals surface area contributed by atoms with Gasteiger partial charge in [0.2, 0.25) is 23.6 Å². The van der Waals surface area contributed by atoms with Crippen molar-refractivity contribution in [1.29, 1.82) is 0 Å². The molecule has 4 amide bonds. The minimum atomic E-state index is -5.64. The minimum Gasteiger partial charge on any atom is -0.394 e. The van der Waals surface area contributed by atoms with Gasteiger partial charge in [0, 0.05) is 27.7 Å². The number of aliphatic hydroxyl groups is 27. The lowest BCUT2D eigenvalue weighted by Gasteiger charge is -2.51. The van der Waals surface area contributed by atoms with Crippen molar-refractivity contribution < 1.29 is 269 Å². The van der Waals surface area contributed by atoms with Crippen molar-refractivity contribution in [3.63, 3.8) is 0 Å². The molecule has 0 radical (unpaired) electrons. The summed E-state index contributed by atoms with van der Waals surface area (Å²) < 4.78 is 147. The molecule has 10 aliphatic heterocycles. The van der Waals surface area contributed by atoms with Crippen molar-refractivity contribution in [2.75, 3.05) is 59.5 Å². The molecule has 10 fully saturated rings. The van der Waals surface area contributed by atoms with Gasteiger partial charge in [0.25, 0.3) is 0 Å². The average molecular weight is 1900 g/mol. The minimum absolute atomic E-state index is 0.817. The predicted molar refractivity (Wildman–Crippen MR) is 387 cm³/mol. The summed E-state index contributed by atoms with van der Waals surface area (Å²) in [5.74, 6) is -5.95. The lowest BCUT2D eigenvalue weighted by molar-refractivity contribution is -0.400. The molecule has 10 aliphatic rings. The lowest BCUT2D eigenvalue weighted by Crippen LogP contribution is -2.71. The Bertz CT molecular complexity index is 3680. The quantitative estimate of drug-likeness (QED) is 0.0271. The fourth-order valence-corrected chi connectivity index (χ4v) is 16.4. The van der Waals surface area contributed by atoms with Gasteiger partial charge in [-0.25, -0.2) is 4.79 Å². The fourth-order valence-electron chi connectivity index (χ4n) is 16.1. The molecule has 128 heavy (non-hydrogen) atoms. The second-order valence-corrected chi connectivity index (χ2v) is 32.5. The van der Waals surface area contributed by atoms with Crippen LogP contribution >= 0.6 is 0 Å². The second kappa shape index (κ2) is 45.4. The number of ether oxygens (including phenoxy) is 19. The second-order valence-electron chi connectivity index (χ2n) is 31.5. The molecule has 0 bridgehead atoms. The molecule has 50 atom stereocenters. The van der Waals surface area contributed by atoms with Crippen molar-refractivity contribution in [1.82, 2.24) is 21.3 Å². The summed E-state index contributed by atoms with van der Waals surface area (Å²) in [6.07, 6.45) is -102. The number of hydrogen-bond acceptors (Lipinski definition) is 54. The molecule has 0 aromatic carbocycles. The van der Waals surface area contributed by atoms with Crippen LogP contribution in [0, 0.1) is 0 Å². The van der Waals surface area contributed by atoms with Crippen LogP contribution in [0.5, 0.6) is 0 Å². The Morgan fingerprint density at radius 2 is 0.523 bits per heavy atom. The van der Waals surface area contributed by atoms with E-state index in [1.807, 2.05) is 0 Å². The van der Waals surface area contributed by atoms with Gasteiger partial charge in [-0.1, -0.05) is 0 Å². The molecule has 10 saturated heterocycles. The summed E-state index contributed by atoms with van der Waals surface area (Å²) in [5.41, 5.74) is 0. The van der Waals surface area contributed by atoms with Crippen LogP contribution in [0.1, 0.15) is 27.7 Å². The zero-order valence-corrected chi connectivity index (χ0v) is 68.5. The molecule has 0 aromatic heterocycles. The molecule has 59 nitrogen and oxygen atoms in total. The van der Waals surface area contributed by atoms with Gasteiger partial charge in [0.15, 0.2) is 69.0 Å². The number of rotatable bonds is 33. The van der Waals surface area contributed by atoms with Crippen LogP contribution in [-0.2, 0) is 129 Å². The van der Waals surface area contributed by atoms with E-state index < -0.39 is 406 Å². The van der Waals surface area contributed by atoms with E-state index in [4.69, 9.17) is 94.6 Å². The molecular weight excluding hydrogens is 1780 g/mol. The van der Waals surface area contributed by atoms with Crippen LogP contribution in [0.15, 0.2) is 0 Å². The summed E-state index contributed by atoms with van der Waals surface area (Å²) in [7, 11) is -5.64. The highest BCUT2D eigenvalue weighted by Crippen LogP contribution is 2.41. The van der Waals surface area contributed by atoms with Crippen molar-refractivity contribution >= 4 is 40.0 Å². The summed E-state index contributed by atoms with van der Waals surface area (Å²) in [6, 6.07) is -7.77. The van der Waals surface area contributed by atoms with Crippen LogP contribution in [0.2, 0.25) is 0 Å². The smallest absolute Gasteiger partial charge is 0.394 e. The maximum Gasteiger partial charge on any atom is 0.449 e. The Balaban J connectivity index is 0.967. The third kappa shape index (κ3) is 23.6. The van der Waals surface area contributed by atoms with Crippen molar-refractivity contribution in [3.05, 3.63) is 0 Å². The first kappa shape index (κ1) is 105. The first-order chi connectivity index (χ1) is 60.3. The van der Waals surface area contributed by atoms with E-state index in [0.717, 1.165) is 27.7 Å². The highest BCUT2D eigenvalue weighted by atomic mass is 32.3. The summed E-state index contributed by atoms with van der Waals surface area (Å²) in [4.78, 5) is 64.0. The Morgan fingerprint density at radius 1 is 0.258 bits per heavy atom. The van der Waals surface area contributed by atoms with E-state index in [9.17, 15) is 170 Å². The number of carbonyl (C=O) groups is 5. The van der Waals surface area contributed by atoms with Crippen LogP contribution in [0.25, 0.3) is 0 Å². The third-order valence-corrected chi connectivity index (χ3v) is 23.0. The van der Waals surface area contributed by atoms with Gasteiger partial charge in [-0.3, -0.25) is 23.7 Å². The highest BCUT2D eigenvalue weighted by molar-refractivity contribution is 7.81. The topological polar surface area (TPSA) is 919 Å². The average Bonchev–Trinajstić information content (AvgIpc) is 0.771. The van der Waals surface area contributed by atoms with E-state index >= 15 is 0 Å². The van der Waals surface area contributed by atoms with E-state index in [-0.39, 0.29) is 0 Å². The number of amides is 4. The van der Waals surface area contributed by atoms with E-state index in [1.165, 1.54) is 0 Å². The molecule has 0 unspecified atom stereocenters. The molecule has 0 spiro atoms. The molecule has 0 aliphatic carbocycles. The molecule has 0 saturated carbocycles. The zero-order chi connectivity index (χ0) is 94.6. The molecule has 10 rings (SSSR count). The van der Waals surface area contributed by atoms with Crippen LogP contribution in [0.4, 0.5) is 0 Å². The van der Waals surface area contributed by atoms with Gasteiger partial charge >= 0.3 is 16.4 Å². The summed E-state index contributed by atoms with van der Waals surface area (Å²) >= 11 is 0. The molecule has 740 valence electrons. The molecule has 10 heterocycles. The Hall–Kier alpha value is -4.58. The van der Waals surface area contributed by atoms with Gasteiger partial charge in [-0.2, -0.15) is 8.42 Å². The summed E-state index contributed by atoms with van der Waals surface area (Å²) in [5, 5.41) is 312. The van der Waals surface area contributed by atoms with E-state index in [1.54, 1.807) is 0 Å². The number of carbonyl (C=O) groups excluding carboxylic acids is 5. The Morgan fingerprint density at radius 3 is 0.906 bits per heavy atom. The molecule has 32 N–H and O–H groups in total. The number of hydrogen-bond donors (Lipinski definition) is 32. The summed E-state index contributed by atoms with van der Waals surface area (Å²) in [6.45, 7) is -6.98. The SMILES string of the molecule is CC(=O)N[C@@H]1[C@@H](O)[C@H](O[C@@H]2O[C@H](CO)[C@@H](O[C@@H]3O[C@H](CO[C@H]4O[C@H](CO)[C@@H](O)[C@H](O)[C@@H]4O[C@@H]4O[C@H](CO)[C@@H](O[C@@H]5O[C@H](CO)[C@H](O)[C@H](O)[C@H]5O)[C@H](O)[C@H]4NC(C)=O)[C@@H](O)[C@H](O[C@H]4O[C@H](CO)[C@@H](O)[C@H](O)[C@@H]4O[C@@H]4O[C@H](CO)[C@@H](O[C@@H]5O[C@H](CO)[C@H](O)[C@H](O[C@@H]6O[C@H](C(=O)OS(=O)(=O)O)[C@@H](O)[C@H](O)[C@H]6O)[C@H]5O)[C@H](O)[C@H]4NC(C)=O)[C@@H]3O)[C@H](O)[C@H]2NC(C)=O)[C@@H](CO)O[C@H]1O. The van der Waals surface area contributed by atoms with Gasteiger partial charge in [0.1, 0.15) is 238 Å². The van der Waals surface area contributed by atoms with Crippen LogP contribution in [0.3, 0.4) is 0 Å². The third-order valence-electron chi connectivity index (χ3n) is 22.6. The van der Waals surface area contributed by atoms with Crippen LogP contribution in [-0.4, -0.2) is 547 Å². The van der Waals surface area contributed by atoms with Gasteiger partial charge in [0.05, 0.1) is 59.5 Å². The van der Waals surface area contributed by atoms with Crippen molar-refractivity contribution in [2.45, 2.75) is 335 Å². The first-order valence-corrected chi connectivity index (χ1v) is 41.2. The van der Waals surface area contributed by atoms with E-state index in [2.05, 4.69) is 25.5 Å². The zero-order valence-electron chi connectivity index (χ0n) is 67.7. The first-order valence-electron chi connectivity index (χ1n) is 39.8. The standard InChI is InChI=1S/C68H112N4O55S/c1-14(81)69-27-36(90)49(22(9-77)109-58(27)103)118-60-28(70-15(2)82)37(91)52(24(11-79)114-60)121-66-48(102)54(35(89)26(117-66)13-108-67-56(42(96)32(86)19(6-74)112-67)125-61-29(71-16(3)83)38(92)50(23(10-78)115-61)119-63-45(99)40(94)31(85)18(5-73)110-63)123-68-57(43(97)33(87)20(7-75)113-68)126-62-30(72-17(4)84)39(93)51(25(12-80)116-62)120-65-47(101)53(34(88)21(8-76)111-65)122-64-46(100)41(95)44(98)55(124-64)59(104)127-128(105,106)107/h18-58,60-68,73-80,85-103H,5-13H2,1-4H3,(H,69,81)(H,70,82)(H,71,83)(H,72,84)(H,105,106,107)/t18-,19-,20-,21-,22-,23-,24-,25-,26-,27-,28-,29-,30-,31+,32-,33-,34+,35-,36-,37-,38-,39-,40+,41+,42+,43+,44+,45-,46-,47-,48+,49-,50-,51-,52-,53+,54+,55+,56+,57+,58-,60+,61+,62+,63+,64-,65+,66+,67+,68-/m1/s1. The maximum atomic E-state index is 13.2. The van der Waals surface area contributed by atoms with Gasteiger partial charge in [-0.05, 0) is 0 Å². The normalized spacial score (nSPS) is 48.0. The van der Waals surface area contributed by atoms with E-state index in [0.29, 0.717) is 0 Å². The molecule has 0 aromatic rings. The molecule has 60 heteroatoms. The molecular formula is C68H112N4O55S. The predicted octanol–water partition coefficient (Wildman–Crippen LogP) is -22.9. The monoisotopic (exact) mass is 1900 g/mol. The van der Waals surface area contributed by atoms with Crippen molar-refractivity contribution in [3.8, 4) is 0 Å². The number of nitrogens with one attached hydrogen (secondary N) is 4. The highest BCUT2D eigenvalue weighted by Gasteiger charge is 2.63. The number of aliphatic hydroxyl groups excluding tert-OH is 27. The largest absolute Gasteiger partial charge is 0.449 e. The Kier molecular flexibility index (Phi) is 37.4. The Labute approximate surface area is 722 Å².